The maximum atomic E-state index is 12.4. The third-order valence-electron chi connectivity index (χ3n) is 4.65. The fourth-order valence-corrected chi connectivity index (χ4v) is 4.54. The Labute approximate surface area is 189 Å². The lowest BCUT2D eigenvalue weighted by atomic mass is 10.1. The van der Waals surface area contributed by atoms with Crippen LogP contribution in [0.5, 0.6) is 0 Å². The predicted octanol–water partition coefficient (Wildman–Crippen LogP) is 4.83. The number of hydrogen-bond donors (Lipinski definition) is 1. The number of nitrogens with zero attached hydrogens (tertiary/aromatic N) is 5. The number of aromatic nitrogens is 5. The number of hydrogen-bond acceptors (Lipinski definition) is 7. The minimum Gasteiger partial charge on any atom is -0.302 e. The van der Waals surface area contributed by atoms with Crippen molar-refractivity contribution < 1.29 is 4.79 Å². The van der Waals surface area contributed by atoms with Gasteiger partial charge in [0.1, 0.15) is 5.01 Å². The molecule has 0 unspecified atom stereocenters. The summed E-state index contributed by atoms with van der Waals surface area (Å²) in [5, 5.41) is 21.7. The summed E-state index contributed by atoms with van der Waals surface area (Å²) < 4.78 is 2.02. The van der Waals surface area contributed by atoms with Crippen molar-refractivity contribution in [2.24, 2.45) is 0 Å². The van der Waals surface area contributed by atoms with Crippen LogP contribution in [-0.2, 0) is 11.3 Å². The molecule has 1 N–H and O–H groups in total. The molecule has 1 amide bonds. The van der Waals surface area contributed by atoms with Crippen LogP contribution < -0.4 is 5.32 Å². The summed E-state index contributed by atoms with van der Waals surface area (Å²) in [6.45, 7) is 6.85. The van der Waals surface area contributed by atoms with Gasteiger partial charge in [-0.3, -0.25) is 10.1 Å². The second-order valence-corrected chi connectivity index (χ2v) is 8.95. The fraction of sp³-hybridized carbons (Fsp3) is 0.227. The van der Waals surface area contributed by atoms with E-state index in [-0.39, 0.29) is 11.7 Å². The summed E-state index contributed by atoms with van der Waals surface area (Å²) in [6, 6.07) is 16.2. The molecule has 0 saturated heterocycles. The average molecular weight is 451 g/mol. The summed E-state index contributed by atoms with van der Waals surface area (Å²) in [4.78, 5) is 12.4. The number of benzene rings is 2. The molecule has 0 aliphatic heterocycles. The van der Waals surface area contributed by atoms with E-state index >= 15 is 0 Å². The number of nitrogens with one attached hydrogen (secondary N) is 1. The molecule has 0 aliphatic carbocycles. The van der Waals surface area contributed by atoms with Crippen LogP contribution >= 0.6 is 23.1 Å². The van der Waals surface area contributed by atoms with E-state index in [1.807, 2.05) is 54.8 Å². The van der Waals surface area contributed by atoms with Crippen molar-refractivity contribution in [2.75, 3.05) is 11.1 Å². The molecular weight excluding hydrogens is 428 g/mol. The van der Waals surface area contributed by atoms with E-state index in [2.05, 4.69) is 44.8 Å². The Balaban J connectivity index is 1.39. The minimum atomic E-state index is -0.154. The van der Waals surface area contributed by atoms with Gasteiger partial charge in [0.15, 0.2) is 11.0 Å². The van der Waals surface area contributed by atoms with Crippen LogP contribution in [0.4, 0.5) is 5.13 Å². The lowest BCUT2D eigenvalue weighted by Crippen LogP contribution is -2.14. The first kappa shape index (κ1) is 21.2. The molecule has 0 spiro atoms. The van der Waals surface area contributed by atoms with E-state index in [1.165, 1.54) is 34.2 Å². The Morgan fingerprint density at radius 1 is 0.935 bits per heavy atom. The van der Waals surface area contributed by atoms with Gasteiger partial charge in [-0.2, -0.15) is 0 Å². The standard InChI is InChI=1S/C22H22N6OS2/c1-4-28-19(16-9-5-14(2)6-10-16)24-27-22(28)30-13-18(29)23-21-26-25-20(31-21)17-11-7-15(3)8-12-17/h5-12H,4,13H2,1-3H3,(H,23,26,29). The van der Waals surface area contributed by atoms with Crippen LogP contribution in [0.25, 0.3) is 22.0 Å². The Morgan fingerprint density at radius 3 is 2.23 bits per heavy atom. The average Bonchev–Trinajstić information content (AvgIpc) is 3.40. The molecule has 0 bridgehead atoms. The Hall–Kier alpha value is -3.04. The zero-order chi connectivity index (χ0) is 21.8. The van der Waals surface area contributed by atoms with E-state index in [0.717, 1.165) is 28.5 Å². The maximum Gasteiger partial charge on any atom is 0.236 e. The van der Waals surface area contributed by atoms with E-state index < -0.39 is 0 Å². The van der Waals surface area contributed by atoms with Gasteiger partial charge in [-0.1, -0.05) is 82.8 Å². The lowest BCUT2D eigenvalue weighted by Gasteiger charge is -2.07. The monoisotopic (exact) mass is 450 g/mol. The summed E-state index contributed by atoms with van der Waals surface area (Å²) in [7, 11) is 0. The topological polar surface area (TPSA) is 85.6 Å². The van der Waals surface area contributed by atoms with Crippen molar-refractivity contribution in [1.82, 2.24) is 25.0 Å². The number of rotatable bonds is 7. The largest absolute Gasteiger partial charge is 0.302 e. The first-order valence-electron chi connectivity index (χ1n) is 9.87. The second kappa shape index (κ2) is 9.40. The van der Waals surface area contributed by atoms with Crippen LogP contribution in [0.1, 0.15) is 18.1 Å². The van der Waals surface area contributed by atoms with Crippen molar-refractivity contribution in [2.45, 2.75) is 32.5 Å². The number of aryl methyl sites for hydroxylation is 2. The Kier molecular flexibility index (Phi) is 6.43. The fourth-order valence-electron chi connectivity index (χ4n) is 2.97. The van der Waals surface area contributed by atoms with Crippen LogP contribution in [0.15, 0.2) is 53.7 Å². The van der Waals surface area contributed by atoms with Crippen LogP contribution in [-0.4, -0.2) is 36.6 Å². The molecule has 4 rings (SSSR count). The van der Waals surface area contributed by atoms with Crippen LogP contribution in [0, 0.1) is 13.8 Å². The van der Waals surface area contributed by atoms with Gasteiger partial charge in [0, 0.05) is 17.7 Å². The maximum absolute atomic E-state index is 12.4. The normalized spacial score (nSPS) is 10.9. The molecular formula is C22H22N6OS2. The second-order valence-electron chi connectivity index (χ2n) is 7.03. The number of thioether (sulfide) groups is 1. The molecule has 0 fully saturated rings. The zero-order valence-electron chi connectivity index (χ0n) is 17.5. The summed E-state index contributed by atoms with van der Waals surface area (Å²) in [6.07, 6.45) is 0. The number of amides is 1. The van der Waals surface area contributed by atoms with Gasteiger partial charge >= 0.3 is 0 Å². The number of carbonyl (C=O) groups excluding carboxylic acids is 1. The highest BCUT2D eigenvalue weighted by atomic mass is 32.2. The van der Waals surface area contributed by atoms with Gasteiger partial charge in [-0.15, -0.1) is 20.4 Å². The van der Waals surface area contributed by atoms with E-state index in [0.29, 0.717) is 10.3 Å². The first-order chi connectivity index (χ1) is 15.0. The van der Waals surface area contributed by atoms with Gasteiger partial charge in [-0.25, -0.2) is 0 Å². The van der Waals surface area contributed by atoms with Crippen LogP contribution in [0.3, 0.4) is 0 Å². The van der Waals surface area contributed by atoms with Crippen molar-refractivity contribution >= 4 is 34.1 Å². The van der Waals surface area contributed by atoms with Crippen molar-refractivity contribution in [3.63, 3.8) is 0 Å². The molecule has 2 aromatic heterocycles. The third kappa shape index (κ3) is 5.00. The molecule has 4 aromatic rings. The lowest BCUT2D eigenvalue weighted by molar-refractivity contribution is -0.113. The molecule has 9 heteroatoms. The molecule has 0 atom stereocenters. The SMILES string of the molecule is CCn1c(SCC(=O)Nc2nnc(-c3ccc(C)cc3)s2)nnc1-c1ccc(C)cc1. The van der Waals surface area contributed by atoms with Gasteiger partial charge in [0.25, 0.3) is 0 Å². The third-order valence-corrected chi connectivity index (χ3v) is 6.50. The first-order valence-corrected chi connectivity index (χ1v) is 11.7. The summed E-state index contributed by atoms with van der Waals surface area (Å²) >= 11 is 2.71. The van der Waals surface area contributed by atoms with Gasteiger partial charge in [-0.05, 0) is 20.8 Å². The summed E-state index contributed by atoms with van der Waals surface area (Å²) in [5.41, 5.74) is 4.37. The van der Waals surface area contributed by atoms with Crippen LogP contribution in [0.2, 0.25) is 0 Å². The minimum absolute atomic E-state index is 0.154. The van der Waals surface area contributed by atoms with Crippen molar-refractivity contribution in [3.8, 4) is 22.0 Å². The van der Waals surface area contributed by atoms with E-state index in [1.54, 1.807) is 0 Å². The zero-order valence-corrected chi connectivity index (χ0v) is 19.1. The van der Waals surface area contributed by atoms with Gasteiger partial charge in [0.2, 0.25) is 11.0 Å². The van der Waals surface area contributed by atoms with Gasteiger partial charge in [0.05, 0.1) is 5.75 Å². The highest BCUT2D eigenvalue weighted by molar-refractivity contribution is 7.99. The molecule has 7 nitrogen and oxygen atoms in total. The quantitative estimate of drug-likeness (QED) is 0.406. The molecule has 31 heavy (non-hydrogen) atoms. The molecule has 158 valence electrons. The molecule has 2 heterocycles. The number of carbonyl (C=O) groups is 1. The highest BCUT2D eigenvalue weighted by Crippen LogP contribution is 2.27. The van der Waals surface area contributed by atoms with E-state index in [9.17, 15) is 4.79 Å². The molecule has 0 saturated carbocycles. The number of anilines is 1. The molecule has 0 radical (unpaired) electrons. The smallest absolute Gasteiger partial charge is 0.236 e. The molecule has 2 aromatic carbocycles. The Bertz CT molecular complexity index is 1180. The predicted molar refractivity (Wildman–Crippen MR) is 125 cm³/mol. The highest BCUT2D eigenvalue weighted by Gasteiger charge is 2.15. The van der Waals surface area contributed by atoms with E-state index in [4.69, 9.17) is 0 Å². The summed E-state index contributed by atoms with van der Waals surface area (Å²) in [5.74, 6) is 0.863. The van der Waals surface area contributed by atoms with Gasteiger partial charge < -0.3 is 4.57 Å². The van der Waals surface area contributed by atoms with Crippen molar-refractivity contribution in [1.29, 1.82) is 0 Å². The Morgan fingerprint density at radius 2 is 1.58 bits per heavy atom. The van der Waals surface area contributed by atoms with Crippen molar-refractivity contribution in [3.05, 3.63) is 59.7 Å². The molecule has 0 aliphatic rings.